The number of carbonyl (C=O) groups is 2. The fourth-order valence-electron chi connectivity index (χ4n) is 9.40. The number of halogens is 1. The number of aromatic nitrogens is 6. The molecule has 7 heterocycles. The van der Waals surface area contributed by atoms with E-state index in [2.05, 4.69) is 45.6 Å². The quantitative estimate of drug-likeness (QED) is 0.0692. The molecule has 3 aromatic heterocycles. The molecule has 2 amide bonds. The molecule has 4 fully saturated rings. The third-order valence-electron chi connectivity index (χ3n) is 12.7. The molecule has 2 atom stereocenters. The van der Waals surface area contributed by atoms with Crippen molar-refractivity contribution in [2.45, 2.75) is 77.5 Å². The van der Waals surface area contributed by atoms with Crippen LogP contribution in [0.4, 0.5) is 15.9 Å². The van der Waals surface area contributed by atoms with E-state index in [1.54, 1.807) is 35.2 Å². The number of fused-ring (bicyclic) bond motifs is 1. The number of nitrogens with zero attached hydrogens (tertiary/aromatic N) is 9. The normalized spacial score (nSPS) is 22.5. The van der Waals surface area contributed by atoms with Crippen molar-refractivity contribution in [1.82, 2.24) is 49.1 Å². The average molecular weight is 900 g/mol. The van der Waals surface area contributed by atoms with Gasteiger partial charge in [0.2, 0.25) is 27.7 Å². The Bertz CT molecular complexity index is 2720. The van der Waals surface area contributed by atoms with Crippen molar-refractivity contribution in [1.29, 1.82) is 0 Å². The molecule has 5 N–H and O–H groups in total. The lowest BCUT2D eigenvalue weighted by Crippen LogP contribution is -2.45. The predicted octanol–water partition coefficient (Wildman–Crippen LogP) is 3.49. The van der Waals surface area contributed by atoms with Gasteiger partial charge >= 0.3 is 5.69 Å². The number of imide groups is 1. The number of aromatic amines is 1. The summed E-state index contributed by atoms with van der Waals surface area (Å²) in [5.74, 6) is -0.632. The number of hydrogen-bond acceptors (Lipinski definition) is 12. The van der Waals surface area contributed by atoms with Gasteiger partial charge < -0.3 is 20.7 Å². The van der Waals surface area contributed by atoms with E-state index in [4.69, 9.17) is 10.5 Å². The lowest BCUT2D eigenvalue weighted by atomic mass is 9.86. The van der Waals surface area contributed by atoms with E-state index >= 15 is 0 Å². The van der Waals surface area contributed by atoms with Crippen LogP contribution in [0.1, 0.15) is 65.3 Å². The highest BCUT2D eigenvalue weighted by molar-refractivity contribution is 7.93. The second-order valence-electron chi connectivity index (χ2n) is 17.1. The van der Waals surface area contributed by atoms with Crippen molar-refractivity contribution in [3.05, 3.63) is 82.6 Å². The maximum Gasteiger partial charge on any atom is 0.329 e. The molecule has 4 aromatic rings. The molecule has 0 bridgehead atoms. The largest absolute Gasteiger partial charge is 0.485 e. The van der Waals surface area contributed by atoms with Gasteiger partial charge in [-0.05, 0) is 95.2 Å². The minimum absolute atomic E-state index is 0.0300. The Morgan fingerprint density at radius 3 is 2.55 bits per heavy atom. The summed E-state index contributed by atoms with van der Waals surface area (Å²) in [6.07, 6.45) is 12.7. The number of rotatable bonds is 12. The van der Waals surface area contributed by atoms with Gasteiger partial charge in [-0.15, -0.1) is 0 Å². The number of piperidine rings is 2. The van der Waals surface area contributed by atoms with Crippen LogP contribution in [0.5, 0.6) is 5.75 Å². The van der Waals surface area contributed by atoms with Gasteiger partial charge in [0.15, 0.2) is 11.7 Å². The summed E-state index contributed by atoms with van der Waals surface area (Å²) in [5, 5.41) is 11.7. The molecule has 4 aliphatic heterocycles. The Morgan fingerprint density at radius 1 is 1.06 bits per heavy atom. The van der Waals surface area contributed by atoms with Crippen molar-refractivity contribution in [2.24, 2.45) is 23.2 Å². The number of H-pyrrole nitrogens is 1. The van der Waals surface area contributed by atoms with Crippen molar-refractivity contribution in [2.75, 3.05) is 44.2 Å². The number of guanidine groups is 1. The summed E-state index contributed by atoms with van der Waals surface area (Å²) in [6.45, 7) is 9.44. The van der Waals surface area contributed by atoms with Gasteiger partial charge in [0.05, 0.1) is 33.9 Å². The average Bonchev–Trinajstić information content (AvgIpc) is 4.10. The number of sulfonamides is 1. The number of aliphatic imine (C=N–C) groups is 1. The zero-order valence-electron chi connectivity index (χ0n) is 36.3. The first-order valence-corrected chi connectivity index (χ1v) is 22.9. The molecule has 2 unspecified atom stereocenters. The standard InChI is InChI=1S/C43H54FN13O6S/c1-5-32(8-6-29(21-44)50-41(45)52-39-38(63-27(2)3)37(46-26-47-39)28-22-48-49-23-28)64(61,62)56-19-15-43(25-56)14-18-55(24-43)30-12-16-54(17-13-30)31-7-9-33-35(20-31)53(4)42(60)57(33)34-10-11-36(58)51-40(34)59/h5-9,20-23,26-27,30,34H,10-19,24-25H2,1-4H3,(H,48,49)(H,51,58,59)(H3,45,46,47,50,52)/b8-6-,29-21-,32-5+. The molecule has 19 nitrogen and oxygen atoms in total. The van der Waals surface area contributed by atoms with Crippen LogP contribution in [0.25, 0.3) is 22.3 Å². The summed E-state index contributed by atoms with van der Waals surface area (Å²) >= 11 is 0. The fourth-order valence-corrected chi connectivity index (χ4v) is 11.0. The van der Waals surface area contributed by atoms with Gasteiger partial charge in [0.1, 0.15) is 24.4 Å². The number of aryl methyl sites for hydroxylation is 1. The number of allylic oxidation sites excluding steroid dienone is 3. The first kappa shape index (κ1) is 44.4. The number of hydrogen-bond donors (Lipinski definition) is 4. The second-order valence-corrected chi connectivity index (χ2v) is 19.1. The zero-order valence-corrected chi connectivity index (χ0v) is 37.1. The van der Waals surface area contributed by atoms with E-state index in [-0.39, 0.29) is 70.4 Å². The van der Waals surface area contributed by atoms with Gasteiger partial charge in [-0.2, -0.15) is 14.4 Å². The highest BCUT2D eigenvalue weighted by Crippen LogP contribution is 2.43. The molecule has 4 saturated heterocycles. The summed E-state index contributed by atoms with van der Waals surface area (Å²) in [6, 6.07) is 5.50. The molecule has 340 valence electrons. The minimum Gasteiger partial charge on any atom is -0.485 e. The van der Waals surface area contributed by atoms with Gasteiger partial charge in [-0.25, -0.2) is 27.6 Å². The summed E-state index contributed by atoms with van der Waals surface area (Å²) < 4.78 is 52.8. The third kappa shape index (κ3) is 8.83. The summed E-state index contributed by atoms with van der Waals surface area (Å²) in [4.78, 5) is 55.4. The molecule has 21 heteroatoms. The summed E-state index contributed by atoms with van der Waals surface area (Å²) in [5.41, 5.74) is 9.07. The Hall–Kier alpha value is -6.19. The number of likely N-dealkylation sites (tertiary alicyclic amines) is 1. The molecule has 1 aromatic carbocycles. The predicted molar refractivity (Wildman–Crippen MR) is 239 cm³/mol. The van der Waals surface area contributed by atoms with E-state index in [9.17, 15) is 27.2 Å². The van der Waals surface area contributed by atoms with E-state index in [1.165, 1.54) is 29.1 Å². The number of ether oxygens (including phenoxy) is 1. The number of amides is 2. The van der Waals surface area contributed by atoms with Gasteiger partial charge in [0, 0.05) is 69.7 Å². The number of carbonyl (C=O) groups excluding carboxylic acids is 2. The first-order chi connectivity index (χ1) is 30.7. The Balaban J connectivity index is 0.869. The molecule has 64 heavy (non-hydrogen) atoms. The molecule has 0 aliphatic carbocycles. The van der Waals surface area contributed by atoms with Crippen molar-refractivity contribution < 1.29 is 27.1 Å². The highest BCUT2D eigenvalue weighted by atomic mass is 32.2. The van der Waals surface area contributed by atoms with E-state index in [1.807, 2.05) is 32.0 Å². The SMILES string of the molecule is C\C=C(/C=C\C(=C\F)NC(N)=Nc1ncnc(-c2cn[nH]c2)c1OC(C)C)S(=O)(=O)N1CCC2(CCN(C3CCN(c4ccc5c(c4)n(C)c(=O)n5C4CCC(=O)NC4=O)CC3)C2)C1. The van der Waals surface area contributed by atoms with Crippen LogP contribution in [0, 0.1) is 5.41 Å². The topological polar surface area (TPSA) is 231 Å². The maximum absolute atomic E-state index is 14.2. The van der Waals surface area contributed by atoms with Crippen LogP contribution in [-0.2, 0) is 26.7 Å². The van der Waals surface area contributed by atoms with Crippen molar-refractivity contribution in [3.8, 4) is 17.0 Å². The van der Waals surface area contributed by atoms with Gasteiger partial charge in [0.25, 0.3) is 0 Å². The number of nitrogens with two attached hydrogens (primary N) is 1. The molecule has 4 aliphatic rings. The van der Waals surface area contributed by atoms with Crippen LogP contribution < -0.4 is 31.7 Å². The fraction of sp³-hybridized carbons (Fsp3) is 0.465. The molecular formula is C43H54FN13O6S. The van der Waals surface area contributed by atoms with Crippen molar-refractivity contribution in [3.63, 3.8) is 0 Å². The van der Waals surface area contributed by atoms with Crippen molar-refractivity contribution >= 4 is 50.3 Å². The Labute approximate surface area is 370 Å². The summed E-state index contributed by atoms with van der Waals surface area (Å²) in [7, 11) is -2.20. The Morgan fingerprint density at radius 2 is 1.84 bits per heavy atom. The lowest BCUT2D eigenvalue weighted by molar-refractivity contribution is -0.135. The van der Waals surface area contributed by atoms with Gasteiger partial charge in [-0.1, -0.05) is 6.08 Å². The van der Waals surface area contributed by atoms with Crippen LogP contribution in [0.3, 0.4) is 0 Å². The maximum atomic E-state index is 14.2. The van der Waals surface area contributed by atoms with E-state index in [0.29, 0.717) is 35.9 Å². The molecule has 0 radical (unpaired) electrons. The van der Waals surface area contributed by atoms with E-state index in [0.717, 1.165) is 63.1 Å². The third-order valence-corrected chi connectivity index (χ3v) is 14.6. The lowest BCUT2D eigenvalue weighted by Gasteiger charge is -2.38. The number of anilines is 1. The smallest absolute Gasteiger partial charge is 0.329 e. The molecule has 8 rings (SSSR count). The minimum atomic E-state index is -3.90. The second kappa shape index (κ2) is 18.1. The number of imidazole rings is 1. The number of benzene rings is 1. The Kier molecular flexibility index (Phi) is 12.6. The molecule has 1 spiro atoms. The monoisotopic (exact) mass is 899 g/mol. The first-order valence-electron chi connectivity index (χ1n) is 21.5. The highest BCUT2D eigenvalue weighted by Gasteiger charge is 2.48. The van der Waals surface area contributed by atoms with Crippen LogP contribution in [-0.4, -0.2) is 116 Å². The van der Waals surface area contributed by atoms with Gasteiger partial charge in [-0.3, -0.25) is 34.0 Å². The number of nitrogens with one attached hydrogen (secondary N) is 3. The van der Waals surface area contributed by atoms with Crippen LogP contribution >= 0.6 is 0 Å². The van der Waals surface area contributed by atoms with Crippen LogP contribution in [0.2, 0.25) is 0 Å². The molecular weight excluding hydrogens is 846 g/mol. The van der Waals surface area contributed by atoms with E-state index < -0.39 is 22.0 Å². The molecule has 0 saturated carbocycles. The van der Waals surface area contributed by atoms with Crippen LogP contribution in [0.15, 0.2) is 81.9 Å². The zero-order chi connectivity index (χ0) is 45.3.